The van der Waals surface area contributed by atoms with Crippen LogP contribution in [0.25, 0.3) is 6.08 Å². The average molecular weight is 397 g/mol. The summed E-state index contributed by atoms with van der Waals surface area (Å²) in [5.41, 5.74) is 0.792. The number of halogens is 1. The molecule has 1 aromatic carbocycles. The topological polar surface area (TPSA) is 49.4 Å². The van der Waals surface area contributed by atoms with Gasteiger partial charge in [0.25, 0.3) is 5.91 Å². The van der Waals surface area contributed by atoms with Gasteiger partial charge in [0, 0.05) is 24.5 Å². The van der Waals surface area contributed by atoms with E-state index in [0.717, 1.165) is 18.4 Å². The van der Waals surface area contributed by atoms with Crippen LogP contribution in [0.5, 0.6) is 0 Å². The lowest BCUT2D eigenvalue weighted by atomic mass is 10.2. The van der Waals surface area contributed by atoms with E-state index < -0.39 is 0 Å². The highest BCUT2D eigenvalue weighted by atomic mass is 35.5. The zero-order chi connectivity index (χ0) is 18.2. The number of thioether (sulfide) groups is 1. The van der Waals surface area contributed by atoms with Gasteiger partial charge in [0.2, 0.25) is 5.91 Å². The fraction of sp³-hybridized carbons (Fsp3) is 0.389. The van der Waals surface area contributed by atoms with Gasteiger partial charge < -0.3 is 5.32 Å². The molecule has 0 unspecified atom stereocenters. The molecule has 1 aliphatic heterocycles. The molecule has 4 nitrogen and oxygen atoms in total. The van der Waals surface area contributed by atoms with Crippen LogP contribution in [0.15, 0.2) is 29.2 Å². The van der Waals surface area contributed by atoms with Gasteiger partial charge in [-0.1, -0.05) is 67.1 Å². The van der Waals surface area contributed by atoms with E-state index in [1.165, 1.54) is 11.8 Å². The van der Waals surface area contributed by atoms with Crippen LogP contribution in [0.4, 0.5) is 0 Å². The third-order valence-corrected chi connectivity index (χ3v) is 5.43. The average Bonchev–Trinajstić information content (AvgIpc) is 2.84. The summed E-state index contributed by atoms with van der Waals surface area (Å²) in [6.07, 6.45) is 4.77. The first-order valence-corrected chi connectivity index (χ1v) is 9.89. The molecule has 7 heteroatoms. The molecule has 1 aromatic rings. The Morgan fingerprint density at radius 2 is 2.12 bits per heavy atom. The molecular weight excluding hydrogens is 376 g/mol. The van der Waals surface area contributed by atoms with Crippen LogP contribution in [-0.4, -0.2) is 34.1 Å². The van der Waals surface area contributed by atoms with E-state index in [0.29, 0.717) is 40.2 Å². The second-order valence-corrected chi connectivity index (χ2v) is 7.74. The summed E-state index contributed by atoms with van der Waals surface area (Å²) in [6.45, 7) is 3.24. The van der Waals surface area contributed by atoms with E-state index in [4.69, 9.17) is 23.8 Å². The summed E-state index contributed by atoms with van der Waals surface area (Å²) in [6, 6.07) is 7.35. The highest BCUT2D eigenvalue weighted by Crippen LogP contribution is 2.33. The molecule has 25 heavy (non-hydrogen) atoms. The molecule has 2 amide bonds. The lowest BCUT2D eigenvalue weighted by Crippen LogP contribution is -2.30. The highest BCUT2D eigenvalue weighted by molar-refractivity contribution is 8.26. The van der Waals surface area contributed by atoms with Crippen molar-refractivity contribution in [2.75, 3.05) is 13.1 Å². The number of hydrogen-bond donors (Lipinski definition) is 1. The van der Waals surface area contributed by atoms with Gasteiger partial charge in [-0.3, -0.25) is 14.5 Å². The molecule has 134 valence electrons. The van der Waals surface area contributed by atoms with Gasteiger partial charge in [0.1, 0.15) is 4.32 Å². The Hall–Kier alpha value is -1.37. The number of amides is 2. The number of thiocarbonyl (C=S) groups is 1. The third-order valence-electron chi connectivity index (χ3n) is 3.70. The van der Waals surface area contributed by atoms with Crippen LogP contribution < -0.4 is 5.32 Å². The Labute approximate surface area is 163 Å². The van der Waals surface area contributed by atoms with Crippen molar-refractivity contribution in [3.05, 3.63) is 39.8 Å². The summed E-state index contributed by atoms with van der Waals surface area (Å²) >= 11 is 12.7. The normalized spacial score (nSPS) is 15.9. The van der Waals surface area contributed by atoms with Crippen molar-refractivity contribution in [3.8, 4) is 0 Å². The van der Waals surface area contributed by atoms with E-state index in [9.17, 15) is 9.59 Å². The van der Waals surface area contributed by atoms with Crippen molar-refractivity contribution >= 4 is 57.8 Å². The zero-order valence-electron chi connectivity index (χ0n) is 14.1. The second-order valence-electron chi connectivity index (χ2n) is 5.66. The largest absolute Gasteiger partial charge is 0.356 e. The third kappa shape index (κ3) is 5.83. The molecule has 2 rings (SSSR count). The number of benzene rings is 1. The number of carbonyl (C=O) groups is 2. The molecule has 1 saturated heterocycles. The first-order chi connectivity index (χ1) is 12.0. The number of carbonyl (C=O) groups excluding carboxylic acids is 2. The molecule has 0 bridgehead atoms. The van der Waals surface area contributed by atoms with E-state index in [1.54, 1.807) is 17.0 Å². The Morgan fingerprint density at radius 1 is 1.36 bits per heavy atom. The van der Waals surface area contributed by atoms with Crippen molar-refractivity contribution in [2.45, 2.75) is 32.6 Å². The van der Waals surface area contributed by atoms with E-state index in [-0.39, 0.29) is 11.8 Å². The first-order valence-electron chi connectivity index (χ1n) is 8.29. The number of unbranched alkanes of at least 4 members (excludes halogenated alkanes) is 1. The lowest BCUT2D eigenvalue weighted by molar-refractivity contribution is -0.124. The van der Waals surface area contributed by atoms with Crippen molar-refractivity contribution in [3.63, 3.8) is 0 Å². The van der Waals surface area contributed by atoms with Crippen LogP contribution in [-0.2, 0) is 9.59 Å². The molecule has 0 radical (unpaired) electrons. The molecule has 1 N–H and O–H groups in total. The lowest BCUT2D eigenvalue weighted by Gasteiger charge is -2.14. The standard InChI is InChI=1S/C18H21ClN2O2S2/c1-2-3-10-20-16(22)9-6-11-21-17(23)15(25-18(21)24)12-13-7-4-5-8-14(13)19/h4-5,7-8,12H,2-3,6,9-11H2,1H3,(H,20,22)/b15-12+. The van der Waals surface area contributed by atoms with Gasteiger partial charge in [-0.25, -0.2) is 0 Å². The molecule has 1 fully saturated rings. The van der Waals surface area contributed by atoms with E-state index >= 15 is 0 Å². The monoisotopic (exact) mass is 396 g/mol. The smallest absolute Gasteiger partial charge is 0.266 e. The van der Waals surface area contributed by atoms with Gasteiger partial charge in [0.05, 0.1) is 4.91 Å². The number of rotatable bonds is 8. The van der Waals surface area contributed by atoms with Crippen molar-refractivity contribution in [2.24, 2.45) is 0 Å². The van der Waals surface area contributed by atoms with Crippen LogP contribution in [0, 0.1) is 0 Å². The Balaban J connectivity index is 1.89. The van der Waals surface area contributed by atoms with Gasteiger partial charge >= 0.3 is 0 Å². The summed E-state index contributed by atoms with van der Waals surface area (Å²) in [7, 11) is 0. The number of nitrogens with one attached hydrogen (secondary N) is 1. The number of nitrogens with zero attached hydrogens (tertiary/aromatic N) is 1. The maximum atomic E-state index is 12.5. The maximum absolute atomic E-state index is 12.5. The van der Waals surface area contributed by atoms with Crippen LogP contribution in [0.3, 0.4) is 0 Å². The SMILES string of the molecule is CCCCNC(=O)CCCN1C(=O)/C(=C\c2ccccc2Cl)SC1=S. The summed E-state index contributed by atoms with van der Waals surface area (Å²) in [4.78, 5) is 26.4. The minimum Gasteiger partial charge on any atom is -0.356 e. The Morgan fingerprint density at radius 3 is 2.84 bits per heavy atom. The van der Waals surface area contributed by atoms with Crippen molar-refractivity contribution in [1.82, 2.24) is 10.2 Å². The summed E-state index contributed by atoms with van der Waals surface area (Å²) in [5, 5.41) is 3.47. The second kappa shape index (κ2) is 9.94. The van der Waals surface area contributed by atoms with Crippen molar-refractivity contribution < 1.29 is 9.59 Å². The predicted octanol–water partition coefficient (Wildman–Crippen LogP) is 4.24. The van der Waals surface area contributed by atoms with Crippen molar-refractivity contribution in [1.29, 1.82) is 0 Å². The van der Waals surface area contributed by atoms with Gasteiger partial charge in [-0.2, -0.15) is 0 Å². The van der Waals surface area contributed by atoms with Crippen LogP contribution in [0.2, 0.25) is 5.02 Å². The van der Waals surface area contributed by atoms with Gasteiger partial charge in [0.15, 0.2) is 0 Å². The fourth-order valence-corrected chi connectivity index (χ4v) is 3.81. The molecular formula is C18H21ClN2O2S2. The van der Waals surface area contributed by atoms with E-state index in [2.05, 4.69) is 12.2 Å². The van der Waals surface area contributed by atoms with E-state index in [1.807, 2.05) is 18.2 Å². The molecule has 0 spiro atoms. The van der Waals surface area contributed by atoms with Crippen LogP contribution >= 0.6 is 35.6 Å². The minimum absolute atomic E-state index is 0.0190. The first kappa shape index (κ1) is 19.9. The molecule has 1 heterocycles. The maximum Gasteiger partial charge on any atom is 0.266 e. The predicted molar refractivity (Wildman–Crippen MR) is 108 cm³/mol. The summed E-state index contributed by atoms with van der Waals surface area (Å²) in [5.74, 6) is -0.105. The van der Waals surface area contributed by atoms with Gasteiger partial charge in [-0.05, 0) is 30.5 Å². The Bertz CT molecular complexity index is 691. The molecule has 0 aliphatic carbocycles. The number of hydrogen-bond acceptors (Lipinski definition) is 4. The molecule has 0 aromatic heterocycles. The molecule has 0 atom stereocenters. The Kier molecular flexibility index (Phi) is 7.93. The quantitative estimate of drug-likeness (QED) is 0.405. The zero-order valence-corrected chi connectivity index (χ0v) is 16.5. The molecule has 1 aliphatic rings. The van der Waals surface area contributed by atoms with Crippen LogP contribution in [0.1, 0.15) is 38.2 Å². The summed E-state index contributed by atoms with van der Waals surface area (Å²) < 4.78 is 0.523. The highest BCUT2D eigenvalue weighted by Gasteiger charge is 2.31. The fourth-order valence-electron chi connectivity index (χ4n) is 2.32. The minimum atomic E-state index is -0.124. The van der Waals surface area contributed by atoms with Gasteiger partial charge in [-0.15, -0.1) is 0 Å². The molecule has 0 saturated carbocycles.